The van der Waals surface area contributed by atoms with Gasteiger partial charge in [0.05, 0.1) is 10.9 Å². The first-order chi connectivity index (χ1) is 10.3. The molecule has 2 saturated carbocycles. The van der Waals surface area contributed by atoms with E-state index in [4.69, 9.17) is 11.6 Å². The molecule has 0 saturated heterocycles. The van der Waals surface area contributed by atoms with Gasteiger partial charge in [-0.3, -0.25) is 4.79 Å². The number of nitrogens with one attached hydrogen (secondary N) is 1. The largest absolute Gasteiger partial charge is 0.481 e. The summed E-state index contributed by atoms with van der Waals surface area (Å²) in [7, 11) is -4.21. The molecular formula is C14H15ClFNO4S. The van der Waals surface area contributed by atoms with Gasteiger partial charge in [0.1, 0.15) is 10.7 Å². The lowest BCUT2D eigenvalue weighted by Crippen LogP contribution is -2.46. The number of rotatable bonds is 4. The maximum Gasteiger partial charge on any atom is 0.308 e. The van der Waals surface area contributed by atoms with Crippen LogP contribution >= 0.6 is 11.6 Å². The first-order valence-electron chi connectivity index (χ1n) is 7.00. The van der Waals surface area contributed by atoms with Crippen molar-refractivity contribution < 1.29 is 22.7 Å². The van der Waals surface area contributed by atoms with Crippen LogP contribution in [0.1, 0.15) is 19.3 Å². The monoisotopic (exact) mass is 347 g/mol. The predicted molar refractivity (Wildman–Crippen MR) is 77.5 cm³/mol. The molecule has 3 rings (SSSR count). The second-order valence-corrected chi connectivity index (χ2v) is 7.95. The molecule has 2 bridgehead atoms. The lowest BCUT2D eigenvalue weighted by molar-refractivity contribution is -0.144. The first kappa shape index (κ1) is 15.7. The van der Waals surface area contributed by atoms with Crippen LogP contribution in [0.3, 0.4) is 0 Å². The van der Waals surface area contributed by atoms with Crippen LogP contribution < -0.4 is 4.72 Å². The lowest BCUT2D eigenvalue weighted by Gasteiger charge is -2.28. The highest BCUT2D eigenvalue weighted by Gasteiger charge is 2.52. The zero-order valence-corrected chi connectivity index (χ0v) is 13.1. The Labute approximate surface area is 132 Å². The van der Waals surface area contributed by atoms with E-state index in [0.29, 0.717) is 6.42 Å². The van der Waals surface area contributed by atoms with E-state index in [-0.39, 0.29) is 16.9 Å². The molecule has 0 unspecified atom stereocenters. The van der Waals surface area contributed by atoms with Crippen LogP contribution in [0.25, 0.3) is 0 Å². The van der Waals surface area contributed by atoms with Crippen molar-refractivity contribution in [2.45, 2.75) is 30.2 Å². The maximum atomic E-state index is 13.8. The summed E-state index contributed by atoms with van der Waals surface area (Å²) in [5, 5.41) is 9.13. The SMILES string of the molecule is O=C(O)[C@H]1[C@@H]2CC[C@@H](C2)[C@H]1NS(=O)(=O)c1c(F)cccc1Cl. The standard InChI is InChI=1S/C14H15ClFNO4S/c15-9-2-1-3-10(16)13(9)22(20,21)17-12-8-5-4-7(6-8)11(12)14(18)19/h1-3,7-8,11-12,17H,4-6H2,(H,18,19)/t7-,8+,11+,12-/m1/s1. The number of fused-ring (bicyclic) bond motifs is 2. The number of carbonyl (C=O) groups is 1. The summed E-state index contributed by atoms with van der Waals surface area (Å²) in [6, 6.07) is 2.90. The first-order valence-corrected chi connectivity index (χ1v) is 8.86. The van der Waals surface area contributed by atoms with Crippen molar-refractivity contribution in [3.63, 3.8) is 0 Å². The molecule has 120 valence electrons. The average Bonchev–Trinajstić information content (AvgIpc) is 2.98. The second kappa shape index (κ2) is 5.47. The molecule has 1 aromatic rings. The quantitative estimate of drug-likeness (QED) is 0.875. The minimum absolute atomic E-state index is 0.0218. The van der Waals surface area contributed by atoms with Gasteiger partial charge >= 0.3 is 5.97 Å². The zero-order chi connectivity index (χ0) is 16.1. The van der Waals surface area contributed by atoms with Crippen LogP contribution in [0.4, 0.5) is 4.39 Å². The number of hydrogen-bond donors (Lipinski definition) is 2. The van der Waals surface area contributed by atoms with Crippen LogP contribution in [0.15, 0.2) is 23.1 Å². The average molecular weight is 348 g/mol. The second-order valence-electron chi connectivity index (χ2n) is 5.90. The molecule has 0 aromatic heterocycles. The maximum absolute atomic E-state index is 13.8. The fourth-order valence-electron chi connectivity index (χ4n) is 3.79. The number of halogens is 2. The number of aliphatic carboxylic acids is 1. The van der Waals surface area contributed by atoms with Crippen molar-refractivity contribution in [1.29, 1.82) is 0 Å². The summed E-state index contributed by atoms with van der Waals surface area (Å²) >= 11 is 5.80. The van der Waals surface area contributed by atoms with Gasteiger partial charge in [-0.05, 0) is 43.2 Å². The van der Waals surface area contributed by atoms with E-state index >= 15 is 0 Å². The van der Waals surface area contributed by atoms with Crippen molar-refractivity contribution in [2.75, 3.05) is 0 Å². The zero-order valence-electron chi connectivity index (χ0n) is 11.5. The van der Waals surface area contributed by atoms with Gasteiger partial charge in [0.2, 0.25) is 10.0 Å². The van der Waals surface area contributed by atoms with E-state index in [1.54, 1.807) is 0 Å². The van der Waals surface area contributed by atoms with Crippen LogP contribution in [0, 0.1) is 23.6 Å². The van der Waals surface area contributed by atoms with Crippen LogP contribution in [-0.4, -0.2) is 25.5 Å². The van der Waals surface area contributed by atoms with Gasteiger partial charge < -0.3 is 5.11 Å². The van der Waals surface area contributed by atoms with Crippen LogP contribution in [-0.2, 0) is 14.8 Å². The summed E-state index contributed by atoms with van der Waals surface area (Å²) in [4.78, 5) is 10.8. The van der Waals surface area contributed by atoms with Gasteiger partial charge in [-0.15, -0.1) is 0 Å². The molecule has 2 fully saturated rings. The molecule has 0 aliphatic heterocycles. The number of benzene rings is 1. The Bertz CT molecular complexity index is 703. The number of sulfonamides is 1. The molecule has 4 atom stereocenters. The molecular weight excluding hydrogens is 333 g/mol. The molecule has 1 aromatic carbocycles. The van der Waals surface area contributed by atoms with Crippen molar-refractivity contribution >= 4 is 27.6 Å². The summed E-state index contributed by atoms with van der Waals surface area (Å²) in [6.07, 6.45) is 2.27. The summed E-state index contributed by atoms with van der Waals surface area (Å²) in [5.41, 5.74) is 0. The Morgan fingerprint density at radius 2 is 2.00 bits per heavy atom. The molecule has 0 heterocycles. The molecule has 22 heavy (non-hydrogen) atoms. The van der Waals surface area contributed by atoms with E-state index in [0.717, 1.165) is 18.9 Å². The molecule has 2 N–H and O–H groups in total. The van der Waals surface area contributed by atoms with Crippen molar-refractivity contribution in [2.24, 2.45) is 17.8 Å². The molecule has 8 heteroatoms. The van der Waals surface area contributed by atoms with Gasteiger partial charge in [-0.25, -0.2) is 17.5 Å². The Hall–Kier alpha value is -1.18. The Morgan fingerprint density at radius 1 is 1.32 bits per heavy atom. The van der Waals surface area contributed by atoms with Crippen molar-refractivity contribution in [3.05, 3.63) is 29.0 Å². The van der Waals surface area contributed by atoms with Crippen LogP contribution in [0.2, 0.25) is 5.02 Å². The van der Waals surface area contributed by atoms with Gasteiger partial charge in [-0.2, -0.15) is 0 Å². The Morgan fingerprint density at radius 3 is 2.64 bits per heavy atom. The fourth-order valence-corrected chi connectivity index (χ4v) is 5.73. The van der Waals surface area contributed by atoms with Gasteiger partial charge in [0.25, 0.3) is 0 Å². The number of hydrogen-bond acceptors (Lipinski definition) is 3. The fraction of sp³-hybridized carbons (Fsp3) is 0.500. The van der Waals surface area contributed by atoms with E-state index < -0.39 is 38.7 Å². The smallest absolute Gasteiger partial charge is 0.308 e. The summed E-state index contributed by atoms with van der Waals surface area (Å²) in [5.74, 6) is -2.77. The number of carboxylic acid groups (broad SMARTS) is 1. The summed E-state index contributed by atoms with van der Waals surface area (Å²) in [6.45, 7) is 0. The predicted octanol–water partition coefficient (Wildman–Crippen LogP) is 2.26. The molecule has 5 nitrogen and oxygen atoms in total. The highest BCUT2D eigenvalue weighted by atomic mass is 35.5. The van der Waals surface area contributed by atoms with Gasteiger partial charge in [-0.1, -0.05) is 17.7 Å². The summed E-state index contributed by atoms with van der Waals surface area (Å²) < 4.78 is 41.1. The van der Waals surface area contributed by atoms with Crippen molar-refractivity contribution in [3.8, 4) is 0 Å². The minimum atomic E-state index is -4.21. The minimum Gasteiger partial charge on any atom is -0.481 e. The van der Waals surface area contributed by atoms with Crippen LogP contribution in [0.5, 0.6) is 0 Å². The highest BCUT2D eigenvalue weighted by Crippen LogP contribution is 2.49. The molecule has 0 amide bonds. The van der Waals surface area contributed by atoms with E-state index in [2.05, 4.69) is 4.72 Å². The molecule has 2 aliphatic rings. The molecule has 0 spiro atoms. The Kier molecular flexibility index (Phi) is 3.91. The number of carboxylic acids is 1. The Balaban J connectivity index is 1.93. The molecule has 0 radical (unpaired) electrons. The topological polar surface area (TPSA) is 83.5 Å². The highest BCUT2D eigenvalue weighted by molar-refractivity contribution is 7.89. The van der Waals surface area contributed by atoms with E-state index in [1.807, 2.05) is 0 Å². The third kappa shape index (κ3) is 2.51. The van der Waals surface area contributed by atoms with Gasteiger partial charge in [0, 0.05) is 6.04 Å². The molecule has 2 aliphatic carbocycles. The van der Waals surface area contributed by atoms with E-state index in [1.165, 1.54) is 12.1 Å². The third-order valence-corrected chi connectivity index (χ3v) is 6.64. The van der Waals surface area contributed by atoms with E-state index in [9.17, 15) is 22.7 Å². The van der Waals surface area contributed by atoms with Crippen molar-refractivity contribution in [1.82, 2.24) is 4.72 Å². The van der Waals surface area contributed by atoms with Gasteiger partial charge in [0.15, 0.2) is 0 Å². The third-order valence-electron chi connectivity index (χ3n) is 4.68. The normalized spacial score (nSPS) is 30.6. The lowest BCUT2D eigenvalue weighted by atomic mass is 9.85.